The van der Waals surface area contributed by atoms with Gasteiger partial charge in [-0.25, -0.2) is 0 Å². The molecule has 3 aromatic rings. The summed E-state index contributed by atoms with van der Waals surface area (Å²) >= 11 is 0. The molecule has 6 nitrogen and oxygen atoms in total. The van der Waals surface area contributed by atoms with Gasteiger partial charge in [0.1, 0.15) is 23.3 Å². The fraction of sp³-hybridized carbons (Fsp3) is 0.321. The molecule has 1 heterocycles. The van der Waals surface area contributed by atoms with E-state index in [1.165, 1.54) is 24.5 Å². The lowest BCUT2D eigenvalue weighted by molar-refractivity contribution is 0.364. The second-order valence-corrected chi connectivity index (χ2v) is 8.44. The Labute approximate surface area is 200 Å². The highest BCUT2D eigenvalue weighted by molar-refractivity contribution is 5.85. The molecule has 0 fully saturated rings. The molecule has 0 spiro atoms. The van der Waals surface area contributed by atoms with Gasteiger partial charge in [0.2, 0.25) is 11.2 Å². The molecule has 0 radical (unpaired) electrons. The third-order valence-electron chi connectivity index (χ3n) is 5.39. The van der Waals surface area contributed by atoms with Crippen molar-refractivity contribution in [3.05, 3.63) is 75.2 Å². The molecular formula is C28H32O6. The van der Waals surface area contributed by atoms with E-state index in [4.69, 9.17) is 23.4 Å². The lowest BCUT2D eigenvalue weighted by Gasteiger charge is -2.16. The first kappa shape index (κ1) is 25.0. The van der Waals surface area contributed by atoms with Crippen molar-refractivity contribution in [2.45, 2.75) is 40.5 Å². The minimum absolute atomic E-state index is 0.0717. The Morgan fingerprint density at radius 3 is 2.18 bits per heavy atom. The molecule has 3 rings (SSSR count). The van der Waals surface area contributed by atoms with Crippen LogP contribution in [0.1, 0.15) is 38.8 Å². The zero-order chi connectivity index (χ0) is 24.8. The Balaban J connectivity index is 2.20. The highest BCUT2D eigenvalue weighted by Crippen LogP contribution is 2.36. The molecule has 34 heavy (non-hydrogen) atoms. The van der Waals surface area contributed by atoms with Crippen LogP contribution in [0.3, 0.4) is 0 Å². The Morgan fingerprint density at radius 1 is 0.853 bits per heavy atom. The SMILES string of the molecule is COc1ccc(Oc2coc3c(CC=C(C)C)c(OC)c(CC=C(C)C)cc3c2=O)c(OC)c1. The maximum atomic E-state index is 13.5. The van der Waals surface area contributed by atoms with Crippen LogP contribution < -0.4 is 24.4 Å². The van der Waals surface area contributed by atoms with Gasteiger partial charge in [-0.3, -0.25) is 4.79 Å². The Kier molecular flexibility index (Phi) is 8.05. The van der Waals surface area contributed by atoms with E-state index >= 15 is 0 Å². The van der Waals surface area contributed by atoms with Gasteiger partial charge in [-0.15, -0.1) is 0 Å². The maximum absolute atomic E-state index is 13.5. The molecule has 0 aliphatic carbocycles. The molecule has 2 aromatic carbocycles. The van der Waals surface area contributed by atoms with Gasteiger partial charge in [-0.2, -0.15) is 0 Å². The summed E-state index contributed by atoms with van der Waals surface area (Å²) in [6, 6.07) is 6.96. The smallest absolute Gasteiger partial charge is 0.235 e. The predicted octanol–water partition coefficient (Wildman–Crippen LogP) is 6.63. The summed E-state index contributed by atoms with van der Waals surface area (Å²) < 4.78 is 28.3. The maximum Gasteiger partial charge on any atom is 0.235 e. The van der Waals surface area contributed by atoms with Crippen LogP contribution in [0.4, 0.5) is 0 Å². The molecule has 0 aliphatic rings. The first-order valence-corrected chi connectivity index (χ1v) is 11.1. The molecule has 180 valence electrons. The monoisotopic (exact) mass is 464 g/mol. The van der Waals surface area contributed by atoms with Crippen molar-refractivity contribution in [3.8, 4) is 28.7 Å². The highest BCUT2D eigenvalue weighted by atomic mass is 16.5. The molecule has 6 heteroatoms. The van der Waals surface area contributed by atoms with Crippen LogP contribution >= 0.6 is 0 Å². The van der Waals surface area contributed by atoms with Gasteiger partial charge in [0, 0.05) is 11.6 Å². The van der Waals surface area contributed by atoms with Crippen LogP contribution in [0.25, 0.3) is 11.0 Å². The Bertz CT molecular complexity index is 1290. The lowest BCUT2D eigenvalue weighted by atomic mass is 9.98. The van der Waals surface area contributed by atoms with E-state index in [0.29, 0.717) is 41.1 Å². The van der Waals surface area contributed by atoms with Gasteiger partial charge in [-0.1, -0.05) is 23.3 Å². The predicted molar refractivity (Wildman–Crippen MR) is 135 cm³/mol. The van der Waals surface area contributed by atoms with Crippen LogP contribution in [0.15, 0.2) is 63.0 Å². The molecule has 0 amide bonds. The summed E-state index contributed by atoms with van der Waals surface area (Å²) in [4.78, 5) is 13.5. The van der Waals surface area contributed by atoms with E-state index in [1.807, 2.05) is 33.8 Å². The van der Waals surface area contributed by atoms with Gasteiger partial charge in [0.25, 0.3) is 0 Å². The van der Waals surface area contributed by atoms with Crippen molar-refractivity contribution in [3.63, 3.8) is 0 Å². The van der Waals surface area contributed by atoms with E-state index in [2.05, 4.69) is 12.2 Å². The van der Waals surface area contributed by atoms with Gasteiger partial charge in [0.05, 0.1) is 26.7 Å². The van der Waals surface area contributed by atoms with Crippen LogP contribution in [-0.4, -0.2) is 21.3 Å². The van der Waals surface area contributed by atoms with E-state index in [-0.39, 0.29) is 11.2 Å². The molecule has 0 N–H and O–H groups in total. The minimum atomic E-state index is -0.265. The fourth-order valence-corrected chi connectivity index (χ4v) is 3.63. The standard InChI is InChI=1S/C28H32O6/c1-17(2)8-10-19-14-22-26(29)25(34-23-13-11-20(30-5)15-24(23)31-6)16-33-28(22)21(27(19)32-7)12-9-18(3)4/h8-9,11,13-16H,10,12H2,1-7H3. The van der Waals surface area contributed by atoms with Crippen molar-refractivity contribution >= 4 is 11.0 Å². The zero-order valence-electron chi connectivity index (χ0n) is 20.9. The number of benzene rings is 2. The first-order valence-electron chi connectivity index (χ1n) is 11.1. The van der Waals surface area contributed by atoms with Crippen LogP contribution in [-0.2, 0) is 12.8 Å². The van der Waals surface area contributed by atoms with E-state index in [9.17, 15) is 4.79 Å². The summed E-state index contributed by atoms with van der Waals surface area (Å²) in [6.45, 7) is 8.15. The number of ether oxygens (including phenoxy) is 4. The van der Waals surface area contributed by atoms with Crippen molar-refractivity contribution in [1.82, 2.24) is 0 Å². The number of allylic oxidation sites excluding steroid dienone is 4. The summed E-state index contributed by atoms with van der Waals surface area (Å²) in [5.74, 6) is 2.26. The molecule has 0 saturated carbocycles. The Morgan fingerprint density at radius 2 is 1.56 bits per heavy atom. The van der Waals surface area contributed by atoms with Crippen molar-refractivity contribution < 1.29 is 23.4 Å². The summed E-state index contributed by atoms with van der Waals surface area (Å²) in [5, 5.41) is 0.445. The third kappa shape index (κ3) is 5.45. The second kappa shape index (κ2) is 11.0. The van der Waals surface area contributed by atoms with Gasteiger partial charge < -0.3 is 23.4 Å². The van der Waals surface area contributed by atoms with E-state index < -0.39 is 0 Å². The number of rotatable bonds is 9. The molecule has 0 aliphatic heterocycles. The quantitative estimate of drug-likeness (QED) is 0.331. The molecular weight excluding hydrogens is 432 g/mol. The first-order chi connectivity index (χ1) is 16.3. The molecule has 0 unspecified atom stereocenters. The van der Waals surface area contributed by atoms with Gasteiger partial charge >= 0.3 is 0 Å². The average Bonchev–Trinajstić information content (AvgIpc) is 2.82. The van der Waals surface area contributed by atoms with Crippen LogP contribution in [0.2, 0.25) is 0 Å². The highest BCUT2D eigenvalue weighted by Gasteiger charge is 2.20. The molecule has 1 aromatic heterocycles. The van der Waals surface area contributed by atoms with Crippen LogP contribution in [0, 0.1) is 0 Å². The largest absolute Gasteiger partial charge is 0.497 e. The minimum Gasteiger partial charge on any atom is -0.497 e. The van der Waals surface area contributed by atoms with Crippen LogP contribution in [0.5, 0.6) is 28.7 Å². The normalized spacial score (nSPS) is 10.6. The average molecular weight is 465 g/mol. The summed E-state index contributed by atoms with van der Waals surface area (Å²) in [7, 11) is 4.74. The van der Waals surface area contributed by atoms with Crippen molar-refractivity contribution in [2.24, 2.45) is 0 Å². The number of methoxy groups -OCH3 is 3. The van der Waals surface area contributed by atoms with Crippen molar-refractivity contribution in [1.29, 1.82) is 0 Å². The third-order valence-corrected chi connectivity index (χ3v) is 5.39. The number of hydrogen-bond acceptors (Lipinski definition) is 6. The second-order valence-electron chi connectivity index (χ2n) is 8.44. The lowest BCUT2D eigenvalue weighted by Crippen LogP contribution is -2.08. The fourth-order valence-electron chi connectivity index (χ4n) is 3.63. The van der Waals surface area contributed by atoms with Crippen molar-refractivity contribution in [2.75, 3.05) is 21.3 Å². The number of fused-ring (bicyclic) bond motifs is 1. The molecule has 0 atom stereocenters. The number of hydrogen-bond donors (Lipinski definition) is 0. The zero-order valence-corrected chi connectivity index (χ0v) is 20.9. The molecule has 0 bridgehead atoms. The molecule has 0 saturated heterocycles. The summed E-state index contributed by atoms with van der Waals surface area (Å²) in [6.07, 6.45) is 6.77. The van der Waals surface area contributed by atoms with E-state index in [1.54, 1.807) is 32.4 Å². The summed E-state index contributed by atoms with van der Waals surface area (Å²) in [5.41, 5.74) is 4.33. The van der Waals surface area contributed by atoms with E-state index in [0.717, 1.165) is 16.9 Å². The Hall–Kier alpha value is -3.67. The topological polar surface area (TPSA) is 67.1 Å². The van der Waals surface area contributed by atoms with Gasteiger partial charge in [-0.05, 0) is 64.3 Å². The van der Waals surface area contributed by atoms with Gasteiger partial charge in [0.15, 0.2) is 11.5 Å².